The Bertz CT molecular complexity index is 611. The van der Waals surface area contributed by atoms with Crippen LogP contribution < -0.4 is 15.8 Å². The normalized spacial score (nSPS) is 13.5. The maximum atomic E-state index is 12.0. The van der Waals surface area contributed by atoms with Gasteiger partial charge in [0.25, 0.3) is 0 Å². The first-order valence-electron chi connectivity index (χ1n) is 6.50. The summed E-state index contributed by atoms with van der Waals surface area (Å²) in [4.78, 5) is 12.0. The van der Waals surface area contributed by atoms with E-state index in [0.717, 1.165) is 0 Å². The molecule has 0 aliphatic rings. The van der Waals surface area contributed by atoms with Gasteiger partial charge in [-0.2, -0.15) is 4.68 Å². The third-order valence-corrected chi connectivity index (χ3v) is 3.24. The number of benzene rings is 1. The number of anilines is 1. The quantitative estimate of drug-likeness (QED) is 0.834. The predicted molar refractivity (Wildman–Crippen MR) is 77.1 cm³/mol. The molecule has 0 spiro atoms. The molecule has 1 amide bonds. The lowest BCUT2D eigenvalue weighted by molar-refractivity contribution is -0.119. The van der Waals surface area contributed by atoms with Gasteiger partial charge in [-0.15, -0.1) is 5.10 Å². The lowest BCUT2D eigenvalue weighted by atomic mass is 10.0. The summed E-state index contributed by atoms with van der Waals surface area (Å²) >= 11 is 0. The Labute approximate surface area is 122 Å². The van der Waals surface area contributed by atoms with Crippen molar-refractivity contribution in [2.24, 2.45) is 11.7 Å². The molecule has 2 rings (SSSR count). The van der Waals surface area contributed by atoms with E-state index in [2.05, 4.69) is 20.8 Å². The van der Waals surface area contributed by atoms with Crippen molar-refractivity contribution in [2.45, 2.75) is 19.9 Å². The number of rotatable bonds is 5. The number of hydrogen-bond acceptors (Lipinski definition) is 6. The lowest BCUT2D eigenvalue weighted by Crippen LogP contribution is -2.34. The van der Waals surface area contributed by atoms with E-state index in [9.17, 15) is 4.79 Å². The second-order valence-corrected chi connectivity index (χ2v) is 4.78. The van der Waals surface area contributed by atoms with Gasteiger partial charge in [0, 0.05) is 11.7 Å². The number of nitrogens with zero attached hydrogens (tertiary/aromatic N) is 4. The van der Waals surface area contributed by atoms with E-state index >= 15 is 0 Å². The zero-order chi connectivity index (χ0) is 15.4. The average Bonchev–Trinajstić information content (AvgIpc) is 3.00. The monoisotopic (exact) mass is 290 g/mol. The summed E-state index contributed by atoms with van der Waals surface area (Å²) in [5.41, 5.74) is 6.99. The predicted octanol–water partition coefficient (Wildman–Crippen LogP) is 0.593. The van der Waals surface area contributed by atoms with Crippen molar-refractivity contribution in [1.82, 2.24) is 20.2 Å². The molecular formula is C13H18N6O2. The summed E-state index contributed by atoms with van der Waals surface area (Å²) in [7, 11) is 1.56. The average molecular weight is 290 g/mol. The molecule has 112 valence electrons. The number of hydrogen-bond donors (Lipinski definition) is 2. The summed E-state index contributed by atoms with van der Waals surface area (Å²) in [6.45, 7) is 3.58. The molecule has 1 aromatic carbocycles. The van der Waals surface area contributed by atoms with Crippen LogP contribution in [0.2, 0.25) is 0 Å². The summed E-state index contributed by atoms with van der Waals surface area (Å²) in [5, 5.41) is 13.8. The minimum atomic E-state index is -0.288. The molecule has 0 aliphatic carbocycles. The van der Waals surface area contributed by atoms with Gasteiger partial charge in [-0.1, -0.05) is 6.92 Å². The summed E-state index contributed by atoms with van der Waals surface area (Å²) < 4.78 is 6.73. The maximum Gasteiger partial charge on any atom is 0.228 e. The standard InChI is InChI=1S/C13H18N6O2/c1-8(9(2)14)13(20)16-10-4-5-12(21-3)11(6-10)19-7-15-17-18-19/h4-9H,14H2,1-3H3,(H,16,20). The molecule has 0 saturated heterocycles. The van der Waals surface area contributed by atoms with Crippen molar-refractivity contribution >= 4 is 11.6 Å². The minimum Gasteiger partial charge on any atom is -0.494 e. The van der Waals surface area contributed by atoms with Gasteiger partial charge in [0.05, 0.1) is 13.0 Å². The number of methoxy groups -OCH3 is 1. The number of amides is 1. The van der Waals surface area contributed by atoms with Crippen LogP contribution >= 0.6 is 0 Å². The van der Waals surface area contributed by atoms with E-state index in [0.29, 0.717) is 17.1 Å². The number of nitrogens with two attached hydrogens (primary N) is 1. The van der Waals surface area contributed by atoms with Crippen LogP contribution in [0.4, 0.5) is 5.69 Å². The first-order valence-corrected chi connectivity index (χ1v) is 6.50. The van der Waals surface area contributed by atoms with Crippen molar-refractivity contribution in [3.63, 3.8) is 0 Å². The molecule has 1 aromatic heterocycles. The number of aromatic nitrogens is 4. The fourth-order valence-electron chi connectivity index (χ4n) is 1.71. The van der Waals surface area contributed by atoms with Crippen LogP contribution in [0.1, 0.15) is 13.8 Å². The van der Waals surface area contributed by atoms with Gasteiger partial charge < -0.3 is 15.8 Å². The second kappa shape index (κ2) is 6.31. The highest BCUT2D eigenvalue weighted by atomic mass is 16.5. The largest absolute Gasteiger partial charge is 0.494 e. The summed E-state index contributed by atoms with van der Waals surface area (Å²) in [6, 6.07) is 5.00. The van der Waals surface area contributed by atoms with Gasteiger partial charge in [0.2, 0.25) is 5.91 Å². The van der Waals surface area contributed by atoms with Crippen molar-refractivity contribution in [3.8, 4) is 11.4 Å². The Hall–Kier alpha value is -2.48. The second-order valence-electron chi connectivity index (χ2n) is 4.78. The van der Waals surface area contributed by atoms with Crippen LogP contribution in [-0.2, 0) is 4.79 Å². The van der Waals surface area contributed by atoms with Crippen LogP contribution in [0.3, 0.4) is 0 Å². The molecule has 8 heteroatoms. The molecule has 8 nitrogen and oxygen atoms in total. The number of ether oxygens (including phenoxy) is 1. The molecule has 0 saturated carbocycles. The molecule has 0 fully saturated rings. The van der Waals surface area contributed by atoms with Gasteiger partial charge in [0.15, 0.2) is 0 Å². The molecule has 2 aromatic rings. The van der Waals surface area contributed by atoms with Crippen molar-refractivity contribution in [1.29, 1.82) is 0 Å². The Morgan fingerprint density at radius 1 is 1.43 bits per heavy atom. The number of tetrazole rings is 1. The molecule has 0 bridgehead atoms. The fraction of sp³-hybridized carbons (Fsp3) is 0.385. The molecule has 21 heavy (non-hydrogen) atoms. The lowest BCUT2D eigenvalue weighted by Gasteiger charge is -2.16. The summed E-state index contributed by atoms with van der Waals surface area (Å²) in [6.07, 6.45) is 1.45. The van der Waals surface area contributed by atoms with Crippen LogP contribution in [-0.4, -0.2) is 39.3 Å². The maximum absolute atomic E-state index is 12.0. The highest BCUT2D eigenvalue weighted by Crippen LogP contribution is 2.25. The van der Waals surface area contributed by atoms with Gasteiger partial charge in [-0.05, 0) is 35.5 Å². The van der Waals surface area contributed by atoms with Gasteiger partial charge in [0.1, 0.15) is 17.8 Å². The molecule has 2 atom stereocenters. The molecule has 3 N–H and O–H groups in total. The topological polar surface area (TPSA) is 108 Å². The van der Waals surface area contributed by atoms with Gasteiger partial charge in [-0.25, -0.2) is 0 Å². The Kier molecular flexibility index (Phi) is 4.49. The third kappa shape index (κ3) is 3.34. The first-order chi connectivity index (χ1) is 10.0. The Balaban J connectivity index is 2.26. The Morgan fingerprint density at radius 2 is 2.19 bits per heavy atom. The van der Waals surface area contributed by atoms with Crippen molar-refractivity contribution in [2.75, 3.05) is 12.4 Å². The van der Waals surface area contributed by atoms with E-state index in [-0.39, 0.29) is 17.9 Å². The SMILES string of the molecule is COc1ccc(NC(=O)C(C)C(C)N)cc1-n1cnnn1. The van der Waals surface area contributed by atoms with E-state index in [1.807, 2.05) is 0 Å². The van der Waals surface area contributed by atoms with Crippen LogP contribution in [0.25, 0.3) is 5.69 Å². The third-order valence-electron chi connectivity index (χ3n) is 3.24. The molecular weight excluding hydrogens is 272 g/mol. The molecule has 2 unspecified atom stereocenters. The fourth-order valence-corrected chi connectivity index (χ4v) is 1.71. The highest BCUT2D eigenvalue weighted by molar-refractivity contribution is 5.93. The van der Waals surface area contributed by atoms with E-state index in [1.54, 1.807) is 39.2 Å². The summed E-state index contributed by atoms with van der Waals surface area (Å²) in [5.74, 6) is 0.168. The van der Waals surface area contributed by atoms with Gasteiger partial charge >= 0.3 is 0 Å². The van der Waals surface area contributed by atoms with E-state index in [1.165, 1.54) is 11.0 Å². The molecule has 0 radical (unpaired) electrons. The van der Waals surface area contributed by atoms with Gasteiger partial charge in [-0.3, -0.25) is 4.79 Å². The molecule has 1 heterocycles. The van der Waals surface area contributed by atoms with Crippen molar-refractivity contribution in [3.05, 3.63) is 24.5 Å². The minimum absolute atomic E-state index is 0.141. The van der Waals surface area contributed by atoms with E-state index < -0.39 is 0 Å². The number of carbonyl (C=O) groups excluding carboxylic acids is 1. The molecule has 0 aliphatic heterocycles. The number of carbonyl (C=O) groups is 1. The smallest absolute Gasteiger partial charge is 0.228 e. The van der Waals surface area contributed by atoms with Crippen molar-refractivity contribution < 1.29 is 9.53 Å². The van der Waals surface area contributed by atoms with Crippen LogP contribution in [0.15, 0.2) is 24.5 Å². The van der Waals surface area contributed by atoms with Crippen LogP contribution in [0.5, 0.6) is 5.75 Å². The van der Waals surface area contributed by atoms with Crippen LogP contribution in [0, 0.1) is 5.92 Å². The number of nitrogens with one attached hydrogen (secondary N) is 1. The first kappa shape index (κ1) is 14.9. The zero-order valence-corrected chi connectivity index (χ0v) is 12.1. The Morgan fingerprint density at radius 3 is 2.76 bits per heavy atom. The highest BCUT2D eigenvalue weighted by Gasteiger charge is 2.18. The zero-order valence-electron chi connectivity index (χ0n) is 12.1. The van der Waals surface area contributed by atoms with E-state index in [4.69, 9.17) is 10.5 Å².